The van der Waals surface area contributed by atoms with Crippen molar-refractivity contribution in [3.8, 4) is 0 Å². The Kier molecular flexibility index (Phi) is 6.41. The van der Waals surface area contributed by atoms with E-state index in [1.807, 2.05) is 24.5 Å². The number of fused-ring (bicyclic) bond motifs is 1. The first kappa shape index (κ1) is 21.6. The van der Waals surface area contributed by atoms with Gasteiger partial charge in [-0.2, -0.15) is 4.31 Å². The molecular weight excluding hydrogens is 442 g/mol. The zero-order chi connectivity index (χ0) is 21.8. The number of carbonyl (C=O) groups is 1. The summed E-state index contributed by atoms with van der Waals surface area (Å²) in [4.78, 5) is 19.9. The van der Waals surface area contributed by atoms with Gasteiger partial charge in [0.15, 0.2) is 6.61 Å². The standard InChI is InChI=1S/C19H21N5O5S2/c1-30-18-5-3-2-4-16(18)20-19(25)13-29-24-17-12-14(6-7-15(17)21-22-24)31(26,27)23-8-10-28-11-9-23/h2-7,12H,8-11,13H2,1H3,(H,20,25). The second-order valence-corrected chi connectivity index (χ2v) is 9.44. The number of thioether (sulfide) groups is 1. The van der Waals surface area contributed by atoms with Crippen LogP contribution in [0.1, 0.15) is 0 Å². The number of benzene rings is 2. The van der Waals surface area contributed by atoms with Crippen LogP contribution in [0, 0.1) is 0 Å². The Morgan fingerprint density at radius 3 is 2.77 bits per heavy atom. The molecule has 1 aromatic heterocycles. The molecule has 0 unspecified atom stereocenters. The van der Waals surface area contributed by atoms with E-state index in [4.69, 9.17) is 9.57 Å². The van der Waals surface area contributed by atoms with Crippen LogP contribution in [0.3, 0.4) is 0 Å². The van der Waals surface area contributed by atoms with E-state index in [0.717, 1.165) is 9.74 Å². The van der Waals surface area contributed by atoms with E-state index in [0.29, 0.717) is 43.0 Å². The number of amides is 1. The molecule has 1 N–H and O–H groups in total. The zero-order valence-electron chi connectivity index (χ0n) is 16.7. The molecule has 1 aliphatic rings. The van der Waals surface area contributed by atoms with E-state index in [1.165, 1.54) is 28.2 Å². The van der Waals surface area contributed by atoms with Crippen LogP contribution in [0.15, 0.2) is 52.3 Å². The summed E-state index contributed by atoms with van der Waals surface area (Å²) in [6.07, 6.45) is 1.92. The average Bonchev–Trinajstić information content (AvgIpc) is 3.21. The third kappa shape index (κ3) is 4.66. The van der Waals surface area contributed by atoms with Gasteiger partial charge >= 0.3 is 0 Å². The zero-order valence-corrected chi connectivity index (χ0v) is 18.4. The maximum atomic E-state index is 12.9. The lowest BCUT2D eigenvalue weighted by Gasteiger charge is -2.26. The Labute approximate surface area is 183 Å². The first-order valence-corrected chi connectivity index (χ1v) is 12.1. The molecule has 1 saturated heterocycles. The highest BCUT2D eigenvalue weighted by molar-refractivity contribution is 7.98. The minimum atomic E-state index is -3.68. The molecule has 3 aromatic rings. The number of sulfonamides is 1. The Morgan fingerprint density at radius 2 is 2.00 bits per heavy atom. The number of hydrogen-bond acceptors (Lipinski definition) is 8. The predicted molar refractivity (Wildman–Crippen MR) is 115 cm³/mol. The van der Waals surface area contributed by atoms with E-state index in [1.54, 1.807) is 12.1 Å². The van der Waals surface area contributed by atoms with Crippen molar-refractivity contribution in [2.45, 2.75) is 9.79 Å². The molecule has 0 spiro atoms. The summed E-state index contributed by atoms with van der Waals surface area (Å²) in [5.74, 6) is -0.373. The number of aromatic nitrogens is 3. The van der Waals surface area contributed by atoms with Crippen molar-refractivity contribution in [2.75, 3.05) is 44.5 Å². The van der Waals surface area contributed by atoms with Gasteiger partial charge in [-0.25, -0.2) is 8.42 Å². The number of nitrogens with one attached hydrogen (secondary N) is 1. The minimum absolute atomic E-state index is 0.104. The highest BCUT2D eigenvalue weighted by Gasteiger charge is 2.27. The van der Waals surface area contributed by atoms with Gasteiger partial charge in [0.1, 0.15) is 11.0 Å². The number of hydrogen-bond donors (Lipinski definition) is 1. The molecule has 2 heterocycles. The lowest BCUT2D eigenvalue weighted by molar-refractivity contribution is -0.121. The summed E-state index contributed by atoms with van der Waals surface area (Å²) in [5, 5.41) is 10.6. The summed E-state index contributed by atoms with van der Waals surface area (Å²) < 4.78 is 32.4. The van der Waals surface area contributed by atoms with Crippen LogP contribution in [0.5, 0.6) is 0 Å². The summed E-state index contributed by atoms with van der Waals surface area (Å²) in [6.45, 7) is 0.997. The predicted octanol–water partition coefficient (Wildman–Crippen LogP) is 1.24. The topological polar surface area (TPSA) is 116 Å². The highest BCUT2D eigenvalue weighted by atomic mass is 32.2. The van der Waals surface area contributed by atoms with Crippen LogP contribution in [0.4, 0.5) is 5.69 Å². The summed E-state index contributed by atoms with van der Waals surface area (Å²) in [5.41, 5.74) is 1.49. The molecule has 12 heteroatoms. The van der Waals surface area contributed by atoms with Crippen molar-refractivity contribution in [2.24, 2.45) is 0 Å². The van der Waals surface area contributed by atoms with Crippen LogP contribution in [-0.4, -0.2) is 73.0 Å². The molecule has 0 atom stereocenters. The second kappa shape index (κ2) is 9.22. The van der Waals surface area contributed by atoms with Gasteiger partial charge in [0.2, 0.25) is 10.0 Å². The third-order valence-electron chi connectivity index (χ3n) is 4.69. The van der Waals surface area contributed by atoms with Crippen molar-refractivity contribution in [1.82, 2.24) is 19.5 Å². The molecule has 0 radical (unpaired) electrons. The molecule has 10 nitrogen and oxygen atoms in total. The van der Waals surface area contributed by atoms with Crippen LogP contribution in [0.2, 0.25) is 0 Å². The number of rotatable bonds is 7. The van der Waals surface area contributed by atoms with Crippen LogP contribution >= 0.6 is 11.8 Å². The number of carbonyl (C=O) groups excluding carboxylic acids is 1. The normalized spacial score (nSPS) is 15.1. The third-order valence-corrected chi connectivity index (χ3v) is 7.38. The van der Waals surface area contributed by atoms with Gasteiger partial charge in [0.25, 0.3) is 5.91 Å². The fourth-order valence-electron chi connectivity index (χ4n) is 3.12. The molecule has 0 bridgehead atoms. The van der Waals surface area contributed by atoms with Crippen LogP contribution in [-0.2, 0) is 19.6 Å². The first-order valence-electron chi connectivity index (χ1n) is 9.48. The SMILES string of the molecule is CSc1ccccc1NC(=O)COn1nnc2ccc(S(=O)(=O)N3CCOCC3)cc21. The van der Waals surface area contributed by atoms with E-state index >= 15 is 0 Å². The van der Waals surface area contributed by atoms with Crippen molar-refractivity contribution < 1.29 is 22.8 Å². The maximum Gasteiger partial charge on any atom is 0.265 e. The molecule has 2 aromatic carbocycles. The number of morpholine rings is 1. The largest absolute Gasteiger partial charge is 0.385 e. The maximum absolute atomic E-state index is 12.9. The fraction of sp³-hybridized carbons (Fsp3) is 0.316. The monoisotopic (exact) mass is 463 g/mol. The molecule has 1 amide bonds. The van der Waals surface area contributed by atoms with E-state index in [-0.39, 0.29) is 17.4 Å². The van der Waals surface area contributed by atoms with Gasteiger partial charge in [0.05, 0.1) is 23.8 Å². The lowest BCUT2D eigenvalue weighted by Crippen LogP contribution is -2.40. The molecule has 164 valence electrons. The van der Waals surface area contributed by atoms with Gasteiger partial charge in [-0.05, 0) is 41.8 Å². The quantitative estimate of drug-likeness (QED) is 0.521. The smallest absolute Gasteiger partial charge is 0.265 e. The molecular formula is C19H21N5O5S2. The van der Waals surface area contributed by atoms with Gasteiger partial charge in [-0.1, -0.05) is 17.0 Å². The van der Waals surface area contributed by atoms with Crippen molar-refractivity contribution in [3.63, 3.8) is 0 Å². The van der Waals surface area contributed by atoms with Crippen molar-refractivity contribution >= 4 is 44.4 Å². The molecule has 0 saturated carbocycles. The fourth-order valence-corrected chi connectivity index (χ4v) is 5.11. The minimum Gasteiger partial charge on any atom is -0.385 e. The van der Waals surface area contributed by atoms with Crippen molar-refractivity contribution in [3.05, 3.63) is 42.5 Å². The van der Waals surface area contributed by atoms with Gasteiger partial charge in [0, 0.05) is 18.0 Å². The number of nitrogens with zero attached hydrogens (tertiary/aromatic N) is 4. The van der Waals surface area contributed by atoms with Crippen LogP contribution < -0.4 is 10.2 Å². The number of para-hydroxylation sites is 1. The van der Waals surface area contributed by atoms with Crippen LogP contribution in [0.25, 0.3) is 11.0 Å². The van der Waals surface area contributed by atoms with Gasteiger partial charge < -0.3 is 14.9 Å². The Hall–Kier alpha value is -2.67. The Balaban J connectivity index is 1.49. The molecule has 31 heavy (non-hydrogen) atoms. The molecule has 1 fully saturated rings. The van der Waals surface area contributed by atoms with E-state index in [9.17, 15) is 13.2 Å². The second-order valence-electron chi connectivity index (χ2n) is 6.65. The summed E-state index contributed by atoms with van der Waals surface area (Å²) in [7, 11) is -3.68. The van der Waals surface area contributed by atoms with E-state index < -0.39 is 10.0 Å². The Morgan fingerprint density at radius 1 is 1.23 bits per heavy atom. The first-order chi connectivity index (χ1) is 15.0. The number of ether oxygens (including phenoxy) is 1. The summed E-state index contributed by atoms with van der Waals surface area (Å²) in [6, 6.07) is 11.9. The number of anilines is 1. The molecule has 1 aliphatic heterocycles. The highest BCUT2D eigenvalue weighted by Crippen LogP contribution is 2.24. The molecule has 0 aliphatic carbocycles. The molecule has 4 rings (SSSR count). The van der Waals surface area contributed by atoms with Gasteiger partial charge in [-0.15, -0.1) is 16.9 Å². The van der Waals surface area contributed by atoms with Gasteiger partial charge in [-0.3, -0.25) is 4.79 Å². The van der Waals surface area contributed by atoms with E-state index in [2.05, 4.69) is 15.6 Å². The average molecular weight is 464 g/mol. The Bertz CT molecular complexity index is 1190. The lowest BCUT2D eigenvalue weighted by atomic mass is 10.3. The van der Waals surface area contributed by atoms with Crippen molar-refractivity contribution in [1.29, 1.82) is 0 Å². The summed E-state index contributed by atoms with van der Waals surface area (Å²) >= 11 is 1.52.